The van der Waals surface area contributed by atoms with E-state index in [9.17, 15) is 9.90 Å². The van der Waals surface area contributed by atoms with Gasteiger partial charge in [-0.05, 0) is 42.3 Å². The van der Waals surface area contributed by atoms with Crippen LogP contribution in [-0.2, 0) is 0 Å². The lowest BCUT2D eigenvalue weighted by atomic mass is 10.0. The van der Waals surface area contributed by atoms with Crippen LogP contribution in [0.15, 0.2) is 35.0 Å². The number of carbonyl (C=O) groups excluding carboxylic acids is 1. The first kappa shape index (κ1) is 17.3. The average Bonchev–Trinajstić information content (AvgIpc) is 3.07. The van der Waals surface area contributed by atoms with Gasteiger partial charge in [0.1, 0.15) is 5.75 Å². The second kappa shape index (κ2) is 7.99. The monoisotopic (exact) mass is 334 g/mol. The van der Waals surface area contributed by atoms with Gasteiger partial charge in [-0.25, -0.2) is 4.79 Å². The predicted octanol–water partition coefficient (Wildman–Crippen LogP) is 3.16. The maximum Gasteiger partial charge on any atom is 0.315 e. The summed E-state index contributed by atoms with van der Waals surface area (Å²) in [5, 5.41) is 19.3. The fourth-order valence-corrected chi connectivity index (χ4v) is 3.00. The lowest BCUT2D eigenvalue weighted by molar-refractivity contribution is 0.173. The van der Waals surface area contributed by atoms with Gasteiger partial charge in [0.05, 0.1) is 19.3 Å². The SMILES string of the molecule is COc1ccc(C)cc1C(C)NC(=O)NCC(O)c1ccsc1. The Morgan fingerprint density at radius 1 is 1.39 bits per heavy atom. The summed E-state index contributed by atoms with van der Waals surface area (Å²) in [7, 11) is 1.61. The molecular weight excluding hydrogens is 312 g/mol. The van der Waals surface area contributed by atoms with Crippen molar-refractivity contribution in [1.82, 2.24) is 10.6 Å². The minimum atomic E-state index is -0.698. The largest absolute Gasteiger partial charge is 0.496 e. The molecule has 0 aliphatic heterocycles. The third-order valence-electron chi connectivity index (χ3n) is 3.58. The van der Waals surface area contributed by atoms with Gasteiger partial charge in [-0.15, -0.1) is 0 Å². The van der Waals surface area contributed by atoms with Gasteiger partial charge in [-0.1, -0.05) is 17.7 Å². The molecule has 2 aromatic rings. The van der Waals surface area contributed by atoms with Crippen molar-refractivity contribution in [2.75, 3.05) is 13.7 Å². The Balaban J connectivity index is 1.91. The first-order valence-electron chi connectivity index (χ1n) is 7.40. The van der Waals surface area contributed by atoms with Gasteiger partial charge in [0.15, 0.2) is 0 Å². The van der Waals surface area contributed by atoms with Crippen molar-refractivity contribution < 1.29 is 14.6 Å². The summed E-state index contributed by atoms with van der Waals surface area (Å²) in [5.41, 5.74) is 2.83. The molecule has 0 fully saturated rings. The Morgan fingerprint density at radius 2 is 2.17 bits per heavy atom. The number of aryl methyl sites for hydroxylation is 1. The molecule has 3 N–H and O–H groups in total. The number of ether oxygens (including phenoxy) is 1. The van der Waals surface area contributed by atoms with Gasteiger partial charge >= 0.3 is 6.03 Å². The number of thiophene rings is 1. The number of rotatable bonds is 6. The van der Waals surface area contributed by atoms with Gasteiger partial charge in [0.2, 0.25) is 0 Å². The Hall–Kier alpha value is -2.05. The molecule has 0 radical (unpaired) electrons. The lowest BCUT2D eigenvalue weighted by Crippen LogP contribution is -2.39. The summed E-state index contributed by atoms with van der Waals surface area (Å²) in [6, 6.07) is 7.16. The third kappa shape index (κ3) is 4.71. The topological polar surface area (TPSA) is 70.6 Å². The van der Waals surface area contributed by atoms with Crippen molar-refractivity contribution >= 4 is 17.4 Å². The van der Waals surface area contributed by atoms with Gasteiger partial charge in [0.25, 0.3) is 0 Å². The number of urea groups is 1. The van der Waals surface area contributed by atoms with Crippen LogP contribution in [0.2, 0.25) is 0 Å². The predicted molar refractivity (Wildman–Crippen MR) is 92.0 cm³/mol. The molecule has 23 heavy (non-hydrogen) atoms. The zero-order valence-electron chi connectivity index (χ0n) is 13.5. The molecule has 5 nitrogen and oxygen atoms in total. The molecule has 1 aromatic carbocycles. The molecular formula is C17H22N2O3S. The first-order valence-corrected chi connectivity index (χ1v) is 8.34. The molecule has 1 heterocycles. The van der Waals surface area contributed by atoms with Crippen molar-refractivity contribution in [3.8, 4) is 5.75 Å². The minimum absolute atomic E-state index is 0.167. The van der Waals surface area contributed by atoms with Crippen molar-refractivity contribution in [2.24, 2.45) is 0 Å². The molecule has 0 aliphatic rings. The van der Waals surface area contributed by atoms with E-state index in [2.05, 4.69) is 10.6 Å². The molecule has 6 heteroatoms. The van der Waals surface area contributed by atoms with Crippen molar-refractivity contribution in [1.29, 1.82) is 0 Å². The molecule has 2 rings (SSSR count). The molecule has 0 saturated carbocycles. The zero-order valence-corrected chi connectivity index (χ0v) is 14.3. The van der Waals surface area contributed by atoms with E-state index in [1.54, 1.807) is 7.11 Å². The van der Waals surface area contributed by atoms with Crippen LogP contribution in [0.1, 0.15) is 35.8 Å². The van der Waals surface area contributed by atoms with Gasteiger partial charge in [0, 0.05) is 12.1 Å². The highest BCUT2D eigenvalue weighted by Crippen LogP contribution is 2.26. The summed E-state index contributed by atoms with van der Waals surface area (Å²) < 4.78 is 5.34. The molecule has 2 unspecified atom stereocenters. The van der Waals surface area contributed by atoms with Crippen LogP contribution in [0.25, 0.3) is 0 Å². The summed E-state index contributed by atoms with van der Waals surface area (Å²) in [6.07, 6.45) is -0.698. The van der Waals surface area contributed by atoms with Gasteiger partial charge < -0.3 is 20.5 Å². The van der Waals surface area contributed by atoms with E-state index in [1.165, 1.54) is 11.3 Å². The lowest BCUT2D eigenvalue weighted by Gasteiger charge is -2.19. The van der Waals surface area contributed by atoms with E-state index < -0.39 is 6.10 Å². The second-order valence-corrected chi connectivity index (χ2v) is 6.17. The Kier molecular flexibility index (Phi) is 6.01. The zero-order chi connectivity index (χ0) is 16.8. The van der Waals surface area contributed by atoms with E-state index in [0.29, 0.717) is 0 Å². The van der Waals surface area contributed by atoms with E-state index in [4.69, 9.17) is 4.74 Å². The van der Waals surface area contributed by atoms with Gasteiger partial charge in [-0.3, -0.25) is 0 Å². The quantitative estimate of drug-likeness (QED) is 0.760. The van der Waals surface area contributed by atoms with Crippen LogP contribution in [0.3, 0.4) is 0 Å². The number of nitrogens with one attached hydrogen (secondary N) is 2. The number of hydrogen-bond acceptors (Lipinski definition) is 4. The maximum absolute atomic E-state index is 12.0. The fourth-order valence-electron chi connectivity index (χ4n) is 2.29. The normalized spacial score (nSPS) is 13.2. The van der Waals surface area contributed by atoms with Crippen molar-refractivity contribution in [3.05, 3.63) is 51.7 Å². The standard InChI is InChI=1S/C17H22N2O3S/c1-11-4-5-16(22-3)14(8-11)12(2)19-17(21)18-9-15(20)13-6-7-23-10-13/h4-8,10,12,15,20H,9H2,1-3H3,(H2,18,19,21). The Morgan fingerprint density at radius 3 is 2.83 bits per heavy atom. The van der Waals surface area contributed by atoms with E-state index in [1.807, 2.05) is 48.9 Å². The van der Waals surface area contributed by atoms with E-state index in [-0.39, 0.29) is 18.6 Å². The number of aliphatic hydroxyl groups excluding tert-OH is 1. The molecule has 124 valence electrons. The third-order valence-corrected chi connectivity index (χ3v) is 4.28. The summed E-state index contributed by atoms with van der Waals surface area (Å²) in [6.45, 7) is 4.05. The number of methoxy groups -OCH3 is 1. The highest BCUT2D eigenvalue weighted by molar-refractivity contribution is 7.07. The van der Waals surface area contributed by atoms with Crippen LogP contribution in [-0.4, -0.2) is 24.8 Å². The smallest absolute Gasteiger partial charge is 0.315 e. The Labute approximate surface area is 140 Å². The van der Waals surface area contributed by atoms with Crippen LogP contribution in [0.4, 0.5) is 4.79 Å². The minimum Gasteiger partial charge on any atom is -0.496 e. The summed E-state index contributed by atoms with van der Waals surface area (Å²) >= 11 is 1.51. The van der Waals surface area contributed by atoms with Crippen LogP contribution < -0.4 is 15.4 Å². The first-order chi connectivity index (χ1) is 11.0. The summed E-state index contributed by atoms with van der Waals surface area (Å²) in [4.78, 5) is 12.0. The van der Waals surface area contributed by atoms with Gasteiger partial charge in [-0.2, -0.15) is 11.3 Å². The molecule has 1 aromatic heterocycles. The van der Waals surface area contributed by atoms with E-state index >= 15 is 0 Å². The molecule has 0 bridgehead atoms. The molecule has 0 spiro atoms. The number of carbonyl (C=O) groups is 1. The van der Waals surface area contributed by atoms with Crippen LogP contribution >= 0.6 is 11.3 Å². The summed E-state index contributed by atoms with van der Waals surface area (Å²) in [5.74, 6) is 0.738. The number of hydrogen-bond donors (Lipinski definition) is 3. The second-order valence-electron chi connectivity index (χ2n) is 5.39. The number of aliphatic hydroxyl groups is 1. The van der Waals surface area contributed by atoms with Crippen LogP contribution in [0.5, 0.6) is 5.75 Å². The highest BCUT2D eigenvalue weighted by atomic mass is 32.1. The molecule has 0 saturated heterocycles. The highest BCUT2D eigenvalue weighted by Gasteiger charge is 2.15. The Bertz CT molecular complexity index is 643. The van der Waals surface area contributed by atoms with E-state index in [0.717, 1.165) is 22.4 Å². The number of benzene rings is 1. The van der Waals surface area contributed by atoms with Crippen molar-refractivity contribution in [2.45, 2.75) is 26.0 Å². The fraction of sp³-hybridized carbons (Fsp3) is 0.353. The molecule has 0 aliphatic carbocycles. The van der Waals surface area contributed by atoms with Crippen molar-refractivity contribution in [3.63, 3.8) is 0 Å². The number of amides is 2. The molecule has 2 amide bonds. The molecule has 2 atom stereocenters. The average molecular weight is 334 g/mol. The van der Waals surface area contributed by atoms with Crippen LogP contribution in [0, 0.1) is 6.92 Å². The maximum atomic E-state index is 12.0.